The summed E-state index contributed by atoms with van der Waals surface area (Å²) in [6.07, 6.45) is 3.22. The van der Waals surface area contributed by atoms with Crippen LogP contribution in [0.25, 0.3) is 0 Å². The highest BCUT2D eigenvalue weighted by atomic mass is 16.3. The van der Waals surface area contributed by atoms with Gasteiger partial charge in [-0.1, -0.05) is 0 Å². The summed E-state index contributed by atoms with van der Waals surface area (Å²) in [5.74, 6) is 0.948. The van der Waals surface area contributed by atoms with Gasteiger partial charge < -0.3 is 10.2 Å². The van der Waals surface area contributed by atoms with E-state index in [2.05, 4.69) is 0 Å². The van der Waals surface area contributed by atoms with Crippen molar-refractivity contribution in [3.05, 3.63) is 0 Å². The zero-order valence-corrected chi connectivity index (χ0v) is 5.58. The Morgan fingerprint density at radius 1 is 1.00 bits per heavy atom. The Morgan fingerprint density at radius 3 is 1.67 bits per heavy atom. The van der Waals surface area contributed by atoms with E-state index in [4.69, 9.17) is 10.2 Å². The molecule has 9 heavy (non-hydrogen) atoms. The second-order valence-corrected chi connectivity index (χ2v) is 2.91. The molecule has 0 aliphatic heterocycles. The largest absolute Gasteiger partial charge is 0.396 e. The summed E-state index contributed by atoms with van der Waals surface area (Å²) in [4.78, 5) is 0. The van der Waals surface area contributed by atoms with E-state index in [0.717, 1.165) is 19.3 Å². The third kappa shape index (κ3) is 1.66. The van der Waals surface area contributed by atoms with Gasteiger partial charge in [0.15, 0.2) is 0 Å². The number of aliphatic hydroxyl groups is 2. The maximum absolute atomic E-state index is 8.70. The van der Waals surface area contributed by atoms with Gasteiger partial charge in [-0.15, -0.1) is 0 Å². The first kappa shape index (κ1) is 7.03. The summed E-state index contributed by atoms with van der Waals surface area (Å²) < 4.78 is 0. The fourth-order valence-corrected chi connectivity index (χ4v) is 1.51. The zero-order valence-electron chi connectivity index (χ0n) is 5.58. The highest BCUT2D eigenvalue weighted by Gasteiger charge is 2.22. The van der Waals surface area contributed by atoms with Crippen molar-refractivity contribution < 1.29 is 10.2 Å². The molecule has 1 aliphatic rings. The molecule has 2 N–H and O–H groups in total. The van der Waals surface area contributed by atoms with Crippen LogP contribution in [0, 0.1) is 11.8 Å². The molecular weight excluding hydrogens is 116 g/mol. The SMILES string of the molecule is OC[C@H]1CC[C@H](CO)C1. The van der Waals surface area contributed by atoms with E-state index in [1.165, 1.54) is 0 Å². The van der Waals surface area contributed by atoms with Crippen molar-refractivity contribution in [2.24, 2.45) is 11.8 Å². The normalized spacial score (nSPS) is 35.3. The molecule has 1 saturated carbocycles. The predicted octanol–water partition coefficient (Wildman–Crippen LogP) is 0.387. The Kier molecular flexibility index (Phi) is 2.49. The second kappa shape index (κ2) is 3.18. The van der Waals surface area contributed by atoms with Gasteiger partial charge in [0, 0.05) is 13.2 Å². The van der Waals surface area contributed by atoms with Gasteiger partial charge in [-0.2, -0.15) is 0 Å². The van der Waals surface area contributed by atoms with Crippen molar-refractivity contribution >= 4 is 0 Å². The van der Waals surface area contributed by atoms with E-state index in [-0.39, 0.29) is 0 Å². The van der Waals surface area contributed by atoms with Crippen molar-refractivity contribution in [1.29, 1.82) is 0 Å². The third-order valence-electron chi connectivity index (χ3n) is 2.17. The minimum absolute atomic E-state index is 0.302. The highest BCUT2D eigenvalue weighted by Crippen LogP contribution is 2.29. The molecule has 0 aromatic carbocycles. The second-order valence-electron chi connectivity index (χ2n) is 2.91. The molecule has 0 aromatic heterocycles. The van der Waals surface area contributed by atoms with Crippen LogP contribution in [0.4, 0.5) is 0 Å². The molecule has 2 atom stereocenters. The monoisotopic (exact) mass is 130 g/mol. The van der Waals surface area contributed by atoms with E-state index in [9.17, 15) is 0 Å². The van der Waals surface area contributed by atoms with Crippen LogP contribution in [0.15, 0.2) is 0 Å². The van der Waals surface area contributed by atoms with Crippen molar-refractivity contribution in [1.82, 2.24) is 0 Å². The van der Waals surface area contributed by atoms with Gasteiger partial charge in [0.2, 0.25) is 0 Å². The first-order valence-electron chi connectivity index (χ1n) is 3.58. The quantitative estimate of drug-likeness (QED) is 0.567. The Balaban J connectivity index is 2.20. The smallest absolute Gasteiger partial charge is 0.0459 e. The lowest BCUT2D eigenvalue weighted by molar-refractivity contribution is 0.202. The van der Waals surface area contributed by atoms with Gasteiger partial charge in [-0.05, 0) is 31.1 Å². The van der Waals surface area contributed by atoms with Gasteiger partial charge in [-0.25, -0.2) is 0 Å². The van der Waals surface area contributed by atoms with E-state index in [1.54, 1.807) is 0 Å². The number of hydrogen-bond acceptors (Lipinski definition) is 2. The lowest BCUT2D eigenvalue weighted by atomic mass is 10.1. The molecule has 1 fully saturated rings. The maximum Gasteiger partial charge on any atom is 0.0459 e. The minimum Gasteiger partial charge on any atom is -0.396 e. The molecule has 54 valence electrons. The molecule has 0 spiro atoms. The molecule has 0 amide bonds. The predicted molar refractivity (Wildman–Crippen MR) is 35.0 cm³/mol. The van der Waals surface area contributed by atoms with Gasteiger partial charge >= 0.3 is 0 Å². The third-order valence-corrected chi connectivity index (χ3v) is 2.17. The number of hydrogen-bond donors (Lipinski definition) is 2. The summed E-state index contributed by atoms with van der Waals surface area (Å²) in [5, 5.41) is 17.4. The van der Waals surface area contributed by atoms with Crippen LogP contribution in [-0.4, -0.2) is 23.4 Å². The molecule has 0 radical (unpaired) electrons. The van der Waals surface area contributed by atoms with Gasteiger partial charge in [0.25, 0.3) is 0 Å². The first-order valence-corrected chi connectivity index (χ1v) is 3.58. The summed E-state index contributed by atoms with van der Waals surface area (Å²) in [6.45, 7) is 0.604. The Hall–Kier alpha value is -0.0800. The van der Waals surface area contributed by atoms with Crippen molar-refractivity contribution in [2.45, 2.75) is 19.3 Å². The Morgan fingerprint density at radius 2 is 1.44 bits per heavy atom. The Labute approximate surface area is 55.5 Å². The maximum atomic E-state index is 8.70. The zero-order chi connectivity index (χ0) is 6.69. The van der Waals surface area contributed by atoms with Crippen LogP contribution in [0.5, 0.6) is 0 Å². The van der Waals surface area contributed by atoms with Crippen LogP contribution in [0.3, 0.4) is 0 Å². The summed E-state index contributed by atoms with van der Waals surface area (Å²) in [5.41, 5.74) is 0. The van der Waals surface area contributed by atoms with Gasteiger partial charge in [0.1, 0.15) is 0 Å². The molecule has 2 heteroatoms. The van der Waals surface area contributed by atoms with Crippen molar-refractivity contribution in [3.8, 4) is 0 Å². The lowest BCUT2D eigenvalue weighted by Crippen LogP contribution is -2.03. The van der Waals surface area contributed by atoms with Crippen LogP contribution < -0.4 is 0 Å². The molecular formula is C7H14O2. The summed E-state index contributed by atoms with van der Waals surface area (Å²) in [6, 6.07) is 0. The van der Waals surface area contributed by atoms with Gasteiger partial charge in [0.05, 0.1) is 0 Å². The molecule has 0 unspecified atom stereocenters. The standard InChI is InChI=1S/C7H14O2/c8-4-6-1-2-7(3-6)5-9/h6-9H,1-5H2/t6-,7-/m0/s1. The number of aliphatic hydroxyl groups excluding tert-OH is 2. The molecule has 0 bridgehead atoms. The van der Waals surface area contributed by atoms with Crippen LogP contribution in [0.2, 0.25) is 0 Å². The van der Waals surface area contributed by atoms with Crippen molar-refractivity contribution in [3.63, 3.8) is 0 Å². The fourth-order valence-electron chi connectivity index (χ4n) is 1.51. The van der Waals surface area contributed by atoms with Crippen LogP contribution >= 0.6 is 0 Å². The molecule has 1 rings (SSSR count). The van der Waals surface area contributed by atoms with Crippen molar-refractivity contribution in [2.75, 3.05) is 13.2 Å². The molecule has 1 aliphatic carbocycles. The average molecular weight is 130 g/mol. The summed E-state index contributed by atoms with van der Waals surface area (Å²) >= 11 is 0. The van der Waals surface area contributed by atoms with E-state index in [1.807, 2.05) is 0 Å². The fraction of sp³-hybridized carbons (Fsp3) is 1.00. The Bertz CT molecular complexity index is 73.0. The molecule has 0 heterocycles. The van der Waals surface area contributed by atoms with Gasteiger partial charge in [-0.3, -0.25) is 0 Å². The molecule has 0 aromatic rings. The average Bonchev–Trinajstić information content (AvgIpc) is 2.34. The molecule has 2 nitrogen and oxygen atoms in total. The minimum atomic E-state index is 0.302. The lowest BCUT2D eigenvalue weighted by Gasteiger charge is -2.03. The van der Waals surface area contributed by atoms with E-state index >= 15 is 0 Å². The van der Waals surface area contributed by atoms with Crippen LogP contribution in [0.1, 0.15) is 19.3 Å². The topological polar surface area (TPSA) is 40.5 Å². The number of rotatable bonds is 2. The van der Waals surface area contributed by atoms with E-state index in [0.29, 0.717) is 25.0 Å². The van der Waals surface area contributed by atoms with E-state index < -0.39 is 0 Å². The van der Waals surface area contributed by atoms with Crippen LogP contribution in [-0.2, 0) is 0 Å². The first-order chi connectivity index (χ1) is 4.36. The summed E-state index contributed by atoms with van der Waals surface area (Å²) in [7, 11) is 0. The molecule has 0 saturated heterocycles. The highest BCUT2D eigenvalue weighted by molar-refractivity contribution is 4.73.